The van der Waals surface area contributed by atoms with Crippen molar-refractivity contribution in [3.8, 4) is 0 Å². The van der Waals surface area contributed by atoms with E-state index >= 15 is 0 Å². The van der Waals surface area contributed by atoms with Crippen LogP contribution in [-0.2, 0) is 17.8 Å². The van der Waals surface area contributed by atoms with Crippen molar-refractivity contribution in [1.82, 2.24) is 4.57 Å². The van der Waals surface area contributed by atoms with Gasteiger partial charge in [0.25, 0.3) is 0 Å². The molecule has 0 radical (unpaired) electrons. The van der Waals surface area contributed by atoms with Crippen LogP contribution in [0.15, 0.2) is 42.5 Å². The molecule has 1 aliphatic carbocycles. The Kier molecular flexibility index (Phi) is 6.49. The number of benzene rings is 2. The van der Waals surface area contributed by atoms with E-state index in [2.05, 4.69) is 41.5 Å². The maximum absolute atomic E-state index is 13.8. The number of hydrogen-bond acceptors (Lipinski definition) is 2. The summed E-state index contributed by atoms with van der Waals surface area (Å²) in [5.41, 5.74) is 5.14. The zero-order valence-electron chi connectivity index (χ0n) is 20.9. The third-order valence-electron chi connectivity index (χ3n) is 7.55. The van der Waals surface area contributed by atoms with Gasteiger partial charge < -0.3 is 4.57 Å². The molecule has 1 aromatic heterocycles. The van der Waals surface area contributed by atoms with E-state index < -0.39 is 5.41 Å². The fourth-order valence-electron chi connectivity index (χ4n) is 4.70. The van der Waals surface area contributed by atoms with Crippen LogP contribution in [0.4, 0.5) is 5.69 Å². The SMILES string of the molecule is [C-]#[N+]c1ccc(Cn2c(CC(C)(C)C(C)=O)c(C(=O)C3CCC3)c3cc(C(C)C)ccc32)cc1. The first-order valence-corrected chi connectivity index (χ1v) is 12.3. The summed E-state index contributed by atoms with van der Waals surface area (Å²) < 4.78 is 2.24. The van der Waals surface area contributed by atoms with Crippen LogP contribution in [0.25, 0.3) is 15.7 Å². The fourth-order valence-corrected chi connectivity index (χ4v) is 4.70. The second kappa shape index (κ2) is 9.22. The Bertz CT molecular complexity index is 1280. The number of aromatic nitrogens is 1. The molecule has 0 bridgehead atoms. The van der Waals surface area contributed by atoms with Crippen LogP contribution >= 0.6 is 0 Å². The Balaban J connectivity index is 1.96. The Morgan fingerprint density at radius 2 is 1.79 bits per heavy atom. The van der Waals surface area contributed by atoms with Gasteiger partial charge in [-0.25, -0.2) is 4.85 Å². The molecule has 34 heavy (non-hydrogen) atoms. The number of rotatable bonds is 8. The highest BCUT2D eigenvalue weighted by Gasteiger charge is 2.35. The molecule has 0 unspecified atom stereocenters. The van der Waals surface area contributed by atoms with Crippen molar-refractivity contribution in [2.45, 2.75) is 72.8 Å². The summed E-state index contributed by atoms with van der Waals surface area (Å²) in [7, 11) is 0. The van der Waals surface area contributed by atoms with Crippen molar-refractivity contribution in [3.05, 3.63) is 76.3 Å². The summed E-state index contributed by atoms with van der Waals surface area (Å²) >= 11 is 0. The molecule has 0 atom stereocenters. The predicted molar refractivity (Wildman–Crippen MR) is 138 cm³/mol. The lowest BCUT2D eigenvalue weighted by molar-refractivity contribution is -0.124. The van der Waals surface area contributed by atoms with Gasteiger partial charge in [-0.1, -0.05) is 64.4 Å². The molecule has 0 saturated heterocycles. The normalized spacial score (nSPS) is 14.3. The topological polar surface area (TPSA) is 43.4 Å². The minimum Gasteiger partial charge on any atom is -0.339 e. The van der Waals surface area contributed by atoms with Crippen molar-refractivity contribution in [2.24, 2.45) is 11.3 Å². The van der Waals surface area contributed by atoms with E-state index in [0.717, 1.165) is 47.0 Å². The fraction of sp³-hybridized carbons (Fsp3) is 0.433. The van der Waals surface area contributed by atoms with Crippen LogP contribution < -0.4 is 0 Å². The number of fused-ring (bicyclic) bond motifs is 1. The van der Waals surface area contributed by atoms with E-state index in [-0.39, 0.29) is 17.5 Å². The lowest BCUT2D eigenvalue weighted by Gasteiger charge is -2.27. The Hall–Kier alpha value is -3.19. The Morgan fingerprint density at radius 1 is 1.12 bits per heavy atom. The lowest BCUT2D eigenvalue weighted by Crippen LogP contribution is -2.28. The second-order valence-electron chi connectivity index (χ2n) is 10.7. The Morgan fingerprint density at radius 3 is 2.32 bits per heavy atom. The molecular weight excluding hydrogens is 420 g/mol. The molecule has 0 spiro atoms. The standard InChI is InChI=1S/C30H34N2O2/c1-19(2)23-12-15-26-25(16-23)28(29(34)22-8-7-9-22)27(17-30(4,5)20(3)33)32(26)18-21-10-13-24(31-6)14-11-21/h10-16,19,22H,7-9,17-18H2,1-5H3. The Labute approximate surface area is 202 Å². The second-order valence-corrected chi connectivity index (χ2v) is 10.7. The quantitative estimate of drug-likeness (QED) is 0.261. The highest BCUT2D eigenvalue weighted by atomic mass is 16.1. The van der Waals surface area contributed by atoms with E-state index in [9.17, 15) is 9.59 Å². The summed E-state index contributed by atoms with van der Waals surface area (Å²) in [4.78, 5) is 29.8. The summed E-state index contributed by atoms with van der Waals surface area (Å²) in [6.45, 7) is 17.8. The van der Waals surface area contributed by atoms with E-state index in [1.54, 1.807) is 6.92 Å². The molecule has 4 heteroatoms. The first kappa shape index (κ1) is 24.0. The van der Waals surface area contributed by atoms with Gasteiger partial charge in [-0.3, -0.25) is 9.59 Å². The van der Waals surface area contributed by atoms with Gasteiger partial charge in [-0.15, -0.1) is 0 Å². The summed E-state index contributed by atoms with van der Waals surface area (Å²) in [6, 6.07) is 14.1. The average Bonchev–Trinajstić information content (AvgIpc) is 3.04. The molecule has 176 valence electrons. The molecule has 1 heterocycles. The van der Waals surface area contributed by atoms with Crippen molar-refractivity contribution in [2.75, 3.05) is 0 Å². The van der Waals surface area contributed by atoms with Gasteiger partial charge in [0.1, 0.15) is 5.78 Å². The first-order chi connectivity index (χ1) is 16.1. The van der Waals surface area contributed by atoms with Crippen molar-refractivity contribution in [1.29, 1.82) is 0 Å². The number of nitrogens with zero attached hydrogens (tertiary/aromatic N) is 2. The molecular formula is C30H34N2O2. The summed E-state index contributed by atoms with van der Waals surface area (Å²) in [5.74, 6) is 0.792. The smallest absolute Gasteiger partial charge is 0.187 e. The molecule has 3 aromatic rings. The minimum absolute atomic E-state index is 0.0823. The lowest BCUT2D eigenvalue weighted by atomic mass is 9.77. The highest BCUT2D eigenvalue weighted by molar-refractivity contribution is 6.11. The number of ketones is 2. The van der Waals surface area contributed by atoms with E-state index in [0.29, 0.717) is 24.6 Å². The molecule has 1 fully saturated rings. The average molecular weight is 455 g/mol. The van der Waals surface area contributed by atoms with Crippen LogP contribution in [0, 0.1) is 17.9 Å². The molecule has 0 amide bonds. The number of Topliss-reactive ketones (excluding diaryl/α,β-unsaturated/α-hetero) is 2. The van der Waals surface area contributed by atoms with E-state index in [1.165, 1.54) is 5.56 Å². The minimum atomic E-state index is -0.574. The summed E-state index contributed by atoms with van der Waals surface area (Å²) in [5, 5.41) is 1.01. The van der Waals surface area contributed by atoms with E-state index in [1.807, 2.05) is 38.1 Å². The maximum Gasteiger partial charge on any atom is 0.187 e. The summed E-state index contributed by atoms with van der Waals surface area (Å²) in [6.07, 6.45) is 3.52. The third-order valence-corrected chi connectivity index (χ3v) is 7.55. The van der Waals surface area contributed by atoms with Gasteiger partial charge in [-0.05, 0) is 48.9 Å². The molecule has 0 N–H and O–H groups in total. The number of hydrogen-bond donors (Lipinski definition) is 0. The molecule has 0 aliphatic heterocycles. The zero-order chi connectivity index (χ0) is 24.6. The van der Waals surface area contributed by atoms with Crippen molar-refractivity contribution < 1.29 is 9.59 Å². The monoisotopic (exact) mass is 454 g/mol. The van der Waals surface area contributed by atoms with Gasteiger partial charge in [0.05, 0.1) is 6.57 Å². The van der Waals surface area contributed by atoms with Gasteiger partial charge in [0.15, 0.2) is 11.5 Å². The van der Waals surface area contributed by atoms with Crippen molar-refractivity contribution in [3.63, 3.8) is 0 Å². The molecule has 4 rings (SSSR count). The van der Waals surface area contributed by atoms with Gasteiger partial charge in [-0.2, -0.15) is 0 Å². The number of carbonyl (C=O) groups excluding carboxylic acids is 2. The molecule has 2 aromatic carbocycles. The van der Waals surface area contributed by atoms with Crippen LogP contribution in [0.5, 0.6) is 0 Å². The van der Waals surface area contributed by atoms with Gasteiger partial charge >= 0.3 is 0 Å². The molecule has 1 saturated carbocycles. The zero-order valence-corrected chi connectivity index (χ0v) is 20.9. The van der Waals surface area contributed by atoms with Crippen molar-refractivity contribution >= 4 is 28.2 Å². The van der Waals surface area contributed by atoms with Gasteiger partial charge in [0.2, 0.25) is 0 Å². The third kappa shape index (κ3) is 4.44. The predicted octanol–water partition coefficient (Wildman–Crippen LogP) is 7.50. The first-order valence-electron chi connectivity index (χ1n) is 12.3. The largest absolute Gasteiger partial charge is 0.339 e. The number of carbonyl (C=O) groups is 2. The van der Waals surface area contributed by atoms with E-state index in [4.69, 9.17) is 6.57 Å². The van der Waals surface area contributed by atoms with Crippen LogP contribution in [0.1, 0.15) is 87.0 Å². The maximum atomic E-state index is 13.8. The molecule has 1 aliphatic rings. The van der Waals surface area contributed by atoms with Crippen LogP contribution in [0.3, 0.4) is 0 Å². The van der Waals surface area contributed by atoms with Crippen LogP contribution in [0.2, 0.25) is 0 Å². The van der Waals surface area contributed by atoms with Gasteiger partial charge in [0, 0.05) is 46.5 Å². The highest BCUT2D eigenvalue weighted by Crippen LogP contribution is 2.39. The molecule has 4 nitrogen and oxygen atoms in total. The van der Waals surface area contributed by atoms with Crippen LogP contribution in [-0.4, -0.2) is 16.1 Å².